The van der Waals surface area contributed by atoms with Crippen molar-refractivity contribution < 1.29 is 9.53 Å². The number of esters is 1. The van der Waals surface area contributed by atoms with Crippen LogP contribution in [0.1, 0.15) is 31.0 Å². The summed E-state index contributed by atoms with van der Waals surface area (Å²) in [5, 5.41) is 0. The van der Waals surface area contributed by atoms with Gasteiger partial charge < -0.3 is 4.74 Å². The van der Waals surface area contributed by atoms with E-state index in [1.165, 1.54) is 11.3 Å². The van der Waals surface area contributed by atoms with Crippen LogP contribution >= 0.6 is 27.3 Å². The quantitative estimate of drug-likeness (QED) is 0.484. The van der Waals surface area contributed by atoms with E-state index in [1.54, 1.807) is 24.5 Å². The fraction of sp³-hybridized carbons (Fsp3) is 0.160. The van der Waals surface area contributed by atoms with Crippen molar-refractivity contribution in [2.75, 3.05) is 6.61 Å². The maximum atomic E-state index is 13.4. The van der Waals surface area contributed by atoms with Crippen molar-refractivity contribution >= 4 is 45.4 Å². The maximum absolute atomic E-state index is 13.4. The topological polar surface area (TPSA) is 60.7 Å². The smallest absolute Gasteiger partial charge is 0.338 e. The van der Waals surface area contributed by atoms with Crippen LogP contribution in [0.4, 0.5) is 0 Å². The fourth-order valence-corrected chi connectivity index (χ4v) is 4.84. The van der Waals surface area contributed by atoms with Crippen LogP contribution in [0.25, 0.3) is 12.2 Å². The Hall–Kier alpha value is -3.03. The lowest BCUT2D eigenvalue weighted by Gasteiger charge is -2.24. The highest BCUT2D eigenvalue weighted by Gasteiger charge is 2.33. The van der Waals surface area contributed by atoms with Crippen molar-refractivity contribution in [2.24, 2.45) is 4.99 Å². The molecule has 0 radical (unpaired) electrons. The average molecular weight is 509 g/mol. The molecule has 0 amide bonds. The van der Waals surface area contributed by atoms with Crippen LogP contribution < -0.4 is 14.9 Å². The number of nitrogens with zero attached hydrogens (tertiary/aromatic N) is 2. The molecule has 2 heterocycles. The zero-order chi connectivity index (χ0) is 22.7. The Kier molecular flexibility index (Phi) is 6.67. The highest BCUT2D eigenvalue weighted by atomic mass is 79.9. The van der Waals surface area contributed by atoms with Crippen LogP contribution in [-0.4, -0.2) is 17.1 Å². The summed E-state index contributed by atoms with van der Waals surface area (Å²) in [5.41, 5.74) is 2.64. The molecule has 32 heavy (non-hydrogen) atoms. The number of benzene rings is 2. The second-order valence-corrected chi connectivity index (χ2v) is 9.07. The van der Waals surface area contributed by atoms with Crippen molar-refractivity contribution in [3.8, 4) is 0 Å². The normalized spacial score (nSPS) is 16.2. The molecule has 0 fully saturated rings. The van der Waals surface area contributed by atoms with Gasteiger partial charge in [-0.3, -0.25) is 9.36 Å². The van der Waals surface area contributed by atoms with E-state index in [2.05, 4.69) is 20.9 Å². The molecule has 0 unspecified atom stereocenters. The third-order valence-corrected chi connectivity index (χ3v) is 6.57. The summed E-state index contributed by atoms with van der Waals surface area (Å²) in [6.45, 7) is 3.80. The number of rotatable bonds is 5. The lowest BCUT2D eigenvalue weighted by atomic mass is 9.96. The van der Waals surface area contributed by atoms with Gasteiger partial charge in [0.2, 0.25) is 0 Å². The second-order valence-electron chi connectivity index (χ2n) is 7.15. The summed E-state index contributed by atoms with van der Waals surface area (Å²) < 4.78 is 8.45. The number of hydrogen-bond acceptors (Lipinski definition) is 5. The van der Waals surface area contributed by atoms with Gasteiger partial charge in [0.25, 0.3) is 5.56 Å². The summed E-state index contributed by atoms with van der Waals surface area (Å²) in [7, 11) is 0. The van der Waals surface area contributed by atoms with E-state index in [0.29, 0.717) is 20.6 Å². The summed E-state index contributed by atoms with van der Waals surface area (Å²) in [6.07, 6.45) is 5.58. The molecule has 0 N–H and O–H groups in total. The van der Waals surface area contributed by atoms with Crippen molar-refractivity contribution in [1.82, 2.24) is 4.57 Å². The molecule has 1 aromatic heterocycles. The number of thiazole rings is 1. The lowest BCUT2D eigenvalue weighted by molar-refractivity contribution is -0.139. The number of hydrogen-bond donors (Lipinski definition) is 0. The van der Waals surface area contributed by atoms with Gasteiger partial charge in [-0.05, 0) is 43.2 Å². The minimum atomic E-state index is -0.580. The molecule has 1 atom stereocenters. The number of aromatic nitrogens is 1. The van der Waals surface area contributed by atoms with E-state index >= 15 is 0 Å². The van der Waals surface area contributed by atoms with Gasteiger partial charge in [-0.2, -0.15) is 0 Å². The highest BCUT2D eigenvalue weighted by molar-refractivity contribution is 9.10. The first-order valence-electron chi connectivity index (χ1n) is 10.2. The Morgan fingerprint density at radius 2 is 1.91 bits per heavy atom. The number of allylic oxidation sites excluding steroid dienone is 2. The van der Waals surface area contributed by atoms with Gasteiger partial charge in [-0.25, -0.2) is 9.79 Å². The van der Waals surface area contributed by atoms with Gasteiger partial charge in [-0.1, -0.05) is 81.9 Å². The predicted molar refractivity (Wildman–Crippen MR) is 131 cm³/mol. The van der Waals surface area contributed by atoms with E-state index in [9.17, 15) is 9.59 Å². The molecule has 5 nitrogen and oxygen atoms in total. The van der Waals surface area contributed by atoms with Gasteiger partial charge in [0.1, 0.15) is 0 Å². The number of fused-ring (bicyclic) bond motifs is 1. The molecule has 1 aliphatic rings. The van der Waals surface area contributed by atoms with E-state index in [1.807, 2.05) is 66.7 Å². The van der Waals surface area contributed by atoms with E-state index in [-0.39, 0.29) is 12.2 Å². The number of ether oxygens (including phenoxy) is 1. The number of halogens is 1. The van der Waals surface area contributed by atoms with Gasteiger partial charge in [0.15, 0.2) is 4.80 Å². The van der Waals surface area contributed by atoms with Crippen LogP contribution in [-0.2, 0) is 9.53 Å². The minimum Gasteiger partial charge on any atom is -0.463 e. The first-order chi connectivity index (χ1) is 15.5. The molecule has 162 valence electrons. The Bertz CT molecular complexity index is 1380. The first kappa shape index (κ1) is 22.2. The van der Waals surface area contributed by atoms with Crippen LogP contribution in [0.2, 0.25) is 0 Å². The van der Waals surface area contributed by atoms with Crippen molar-refractivity contribution in [3.05, 3.63) is 107 Å². The van der Waals surface area contributed by atoms with E-state index < -0.39 is 12.0 Å². The third-order valence-electron chi connectivity index (χ3n) is 5.04. The molecule has 3 aromatic rings. The Labute approximate surface area is 197 Å². The molecule has 0 bridgehead atoms. The number of carbonyl (C=O) groups is 1. The van der Waals surface area contributed by atoms with Gasteiger partial charge in [0.05, 0.1) is 28.5 Å². The Morgan fingerprint density at radius 3 is 2.59 bits per heavy atom. The molecular formula is C25H21BrN2O3S. The average Bonchev–Trinajstić information content (AvgIpc) is 3.09. The molecule has 1 aliphatic heterocycles. The summed E-state index contributed by atoms with van der Waals surface area (Å²) in [6, 6.07) is 16.8. The highest BCUT2D eigenvalue weighted by Crippen LogP contribution is 2.30. The van der Waals surface area contributed by atoms with Crippen LogP contribution in [0.15, 0.2) is 86.2 Å². The zero-order valence-electron chi connectivity index (χ0n) is 17.6. The standard InChI is InChI=1S/C25H21BrN2O3S/c1-3-31-24(30)21-16(2)27-25-28(22(21)18-9-5-4-6-10-18)23(29)20(32-25)11-7-8-17-12-14-19(26)15-13-17/h4-15,22H,3H2,1-2H3/b8-7+,20-11+/t22-/m0/s1. The Morgan fingerprint density at radius 1 is 1.19 bits per heavy atom. The monoisotopic (exact) mass is 508 g/mol. The summed E-state index contributed by atoms with van der Waals surface area (Å²) >= 11 is 4.74. The van der Waals surface area contributed by atoms with Crippen molar-refractivity contribution in [1.29, 1.82) is 0 Å². The largest absolute Gasteiger partial charge is 0.463 e. The maximum Gasteiger partial charge on any atom is 0.338 e. The molecule has 0 aliphatic carbocycles. The molecule has 0 saturated carbocycles. The molecular weight excluding hydrogens is 488 g/mol. The molecule has 0 saturated heterocycles. The fourth-order valence-electron chi connectivity index (χ4n) is 3.58. The summed E-state index contributed by atoms with van der Waals surface area (Å²) in [4.78, 5) is 31.3. The lowest BCUT2D eigenvalue weighted by Crippen LogP contribution is -2.39. The summed E-state index contributed by atoms with van der Waals surface area (Å²) in [5.74, 6) is -0.452. The van der Waals surface area contributed by atoms with Gasteiger partial charge in [0, 0.05) is 4.47 Å². The molecule has 4 rings (SSSR count). The van der Waals surface area contributed by atoms with Crippen LogP contribution in [0.3, 0.4) is 0 Å². The van der Waals surface area contributed by atoms with Crippen molar-refractivity contribution in [2.45, 2.75) is 19.9 Å². The van der Waals surface area contributed by atoms with Crippen LogP contribution in [0.5, 0.6) is 0 Å². The third kappa shape index (κ3) is 4.45. The predicted octanol–water partition coefficient (Wildman–Crippen LogP) is 4.23. The molecule has 7 heteroatoms. The second kappa shape index (κ2) is 9.63. The number of carbonyl (C=O) groups excluding carboxylic acids is 1. The first-order valence-corrected chi connectivity index (χ1v) is 11.8. The van der Waals surface area contributed by atoms with Crippen molar-refractivity contribution in [3.63, 3.8) is 0 Å². The Balaban J connectivity index is 1.83. The SMILES string of the molecule is CCOC(=O)C1=C(C)N=c2s/c(=C/C=C/c3ccc(Br)cc3)c(=O)n2[C@H]1c1ccccc1. The van der Waals surface area contributed by atoms with Crippen LogP contribution in [0, 0.1) is 0 Å². The minimum absolute atomic E-state index is 0.183. The molecule has 0 spiro atoms. The molecule has 2 aromatic carbocycles. The van der Waals surface area contributed by atoms with Gasteiger partial charge >= 0.3 is 5.97 Å². The zero-order valence-corrected chi connectivity index (χ0v) is 20.0. The van der Waals surface area contributed by atoms with E-state index in [4.69, 9.17) is 4.74 Å². The van der Waals surface area contributed by atoms with E-state index in [0.717, 1.165) is 15.6 Å². The van der Waals surface area contributed by atoms with Gasteiger partial charge in [-0.15, -0.1) is 0 Å².